The van der Waals surface area contributed by atoms with Crippen LogP contribution in [-0.4, -0.2) is 56.2 Å². The number of aromatic nitrogens is 3. The van der Waals surface area contributed by atoms with Gasteiger partial charge >= 0.3 is 0 Å². The summed E-state index contributed by atoms with van der Waals surface area (Å²) in [6, 6.07) is 3.80. The maximum absolute atomic E-state index is 12.6. The first-order chi connectivity index (χ1) is 14.0. The zero-order valence-electron chi connectivity index (χ0n) is 16.9. The maximum atomic E-state index is 12.6. The lowest BCUT2D eigenvalue weighted by molar-refractivity contribution is -0.143. The van der Waals surface area contributed by atoms with Crippen LogP contribution in [0.3, 0.4) is 0 Å². The predicted molar refractivity (Wildman–Crippen MR) is 108 cm³/mol. The van der Waals surface area contributed by atoms with E-state index in [0.29, 0.717) is 19.4 Å². The minimum Gasteiger partial charge on any atom is -0.342 e. The van der Waals surface area contributed by atoms with E-state index >= 15 is 0 Å². The molecular weight excluding hydrogens is 366 g/mol. The van der Waals surface area contributed by atoms with Crippen LogP contribution in [0.15, 0.2) is 36.9 Å². The summed E-state index contributed by atoms with van der Waals surface area (Å²) >= 11 is 0. The summed E-state index contributed by atoms with van der Waals surface area (Å²) in [5, 5.41) is 0. The first-order valence-electron chi connectivity index (χ1n) is 10.3. The highest BCUT2D eigenvalue weighted by Crippen LogP contribution is 2.40. The van der Waals surface area contributed by atoms with E-state index in [2.05, 4.69) is 15.0 Å². The van der Waals surface area contributed by atoms with Crippen molar-refractivity contribution in [2.45, 2.75) is 45.6 Å². The number of amides is 2. The number of hydrogen-bond donors (Lipinski definition) is 0. The monoisotopic (exact) mass is 393 g/mol. The summed E-state index contributed by atoms with van der Waals surface area (Å²) in [5.74, 6) is 0.347. The van der Waals surface area contributed by atoms with Gasteiger partial charge in [-0.3, -0.25) is 24.5 Å². The van der Waals surface area contributed by atoms with Crippen LogP contribution in [0.2, 0.25) is 0 Å². The molecule has 0 unspecified atom stereocenters. The molecule has 4 rings (SSSR count). The Bertz CT molecular complexity index is 861. The van der Waals surface area contributed by atoms with Gasteiger partial charge in [0.05, 0.1) is 30.6 Å². The fourth-order valence-electron chi connectivity index (χ4n) is 4.37. The predicted octanol–water partition coefficient (Wildman–Crippen LogP) is 2.15. The Balaban J connectivity index is 1.35. The van der Waals surface area contributed by atoms with Gasteiger partial charge < -0.3 is 9.80 Å². The third kappa shape index (κ3) is 4.60. The quantitative estimate of drug-likeness (QED) is 0.795. The van der Waals surface area contributed by atoms with Gasteiger partial charge in [0.2, 0.25) is 11.8 Å². The second kappa shape index (κ2) is 8.27. The number of pyridine rings is 1. The van der Waals surface area contributed by atoms with Gasteiger partial charge in [-0.15, -0.1) is 0 Å². The summed E-state index contributed by atoms with van der Waals surface area (Å²) < 4.78 is 0. The van der Waals surface area contributed by atoms with Crippen molar-refractivity contribution in [3.63, 3.8) is 0 Å². The number of hydrogen-bond acceptors (Lipinski definition) is 5. The van der Waals surface area contributed by atoms with Crippen LogP contribution in [0, 0.1) is 12.3 Å². The molecule has 1 spiro atoms. The molecule has 0 saturated carbocycles. The molecule has 29 heavy (non-hydrogen) atoms. The smallest absolute Gasteiger partial charge is 0.227 e. The van der Waals surface area contributed by atoms with Crippen molar-refractivity contribution in [2.75, 3.05) is 19.6 Å². The highest BCUT2D eigenvalue weighted by atomic mass is 16.2. The molecule has 2 fully saturated rings. The highest BCUT2D eigenvalue weighted by Gasteiger charge is 2.41. The van der Waals surface area contributed by atoms with E-state index in [-0.39, 0.29) is 17.2 Å². The van der Waals surface area contributed by atoms with E-state index in [1.165, 1.54) is 0 Å². The van der Waals surface area contributed by atoms with Gasteiger partial charge in [0, 0.05) is 44.6 Å². The summed E-state index contributed by atoms with van der Waals surface area (Å²) in [6.07, 6.45) is 10.7. The minimum atomic E-state index is 0.108. The Morgan fingerprint density at radius 3 is 2.66 bits per heavy atom. The van der Waals surface area contributed by atoms with Gasteiger partial charge in [-0.05, 0) is 43.2 Å². The molecule has 4 heterocycles. The van der Waals surface area contributed by atoms with E-state index in [0.717, 1.165) is 55.8 Å². The zero-order chi connectivity index (χ0) is 20.3. The van der Waals surface area contributed by atoms with Crippen LogP contribution in [0.1, 0.15) is 42.6 Å². The Morgan fingerprint density at radius 2 is 1.97 bits per heavy atom. The van der Waals surface area contributed by atoms with Gasteiger partial charge in [-0.1, -0.05) is 6.07 Å². The van der Waals surface area contributed by atoms with Crippen molar-refractivity contribution in [1.82, 2.24) is 24.8 Å². The van der Waals surface area contributed by atoms with Crippen LogP contribution in [-0.2, 0) is 22.6 Å². The summed E-state index contributed by atoms with van der Waals surface area (Å²) in [4.78, 5) is 41.8. The van der Waals surface area contributed by atoms with Gasteiger partial charge in [0.25, 0.3) is 0 Å². The van der Waals surface area contributed by atoms with Gasteiger partial charge in [0.15, 0.2) is 0 Å². The Kier molecular flexibility index (Phi) is 5.56. The SMILES string of the molecule is Cc1cnc(CN2CC3(CCC2=O)CCN(C(=O)Cc2cccnc2)CC3)cn1. The molecule has 2 aromatic heterocycles. The van der Waals surface area contributed by atoms with Crippen LogP contribution in [0.4, 0.5) is 0 Å². The molecule has 2 amide bonds. The van der Waals surface area contributed by atoms with Crippen molar-refractivity contribution in [2.24, 2.45) is 5.41 Å². The number of piperidine rings is 2. The zero-order valence-corrected chi connectivity index (χ0v) is 16.9. The van der Waals surface area contributed by atoms with Crippen molar-refractivity contribution in [3.05, 3.63) is 53.9 Å². The highest BCUT2D eigenvalue weighted by molar-refractivity contribution is 5.79. The van der Waals surface area contributed by atoms with Gasteiger partial charge in [-0.25, -0.2) is 0 Å². The van der Waals surface area contributed by atoms with Crippen LogP contribution in [0.25, 0.3) is 0 Å². The molecular formula is C22H27N5O2. The molecule has 152 valence electrons. The van der Waals surface area contributed by atoms with Crippen LogP contribution >= 0.6 is 0 Å². The summed E-state index contributed by atoms with van der Waals surface area (Å²) in [5.41, 5.74) is 2.76. The second-order valence-electron chi connectivity index (χ2n) is 8.32. The van der Waals surface area contributed by atoms with Crippen molar-refractivity contribution >= 4 is 11.8 Å². The van der Waals surface area contributed by atoms with Crippen LogP contribution in [0.5, 0.6) is 0 Å². The number of aryl methyl sites for hydroxylation is 1. The second-order valence-corrected chi connectivity index (χ2v) is 8.32. The molecule has 7 heteroatoms. The van der Waals surface area contributed by atoms with Crippen molar-refractivity contribution in [3.8, 4) is 0 Å². The maximum Gasteiger partial charge on any atom is 0.227 e. The largest absolute Gasteiger partial charge is 0.342 e. The molecule has 0 N–H and O–H groups in total. The van der Waals surface area contributed by atoms with E-state index < -0.39 is 0 Å². The molecule has 2 aliphatic heterocycles. The lowest BCUT2D eigenvalue weighted by Crippen LogP contribution is -2.52. The van der Waals surface area contributed by atoms with E-state index in [9.17, 15) is 9.59 Å². The van der Waals surface area contributed by atoms with E-state index in [1.807, 2.05) is 28.9 Å². The number of carbonyl (C=O) groups excluding carboxylic acids is 2. The third-order valence-corrected chi connectivity index (χ3v) is 6.19. The molecule has 0 atom stereocenters. The average Bonchev–Trinajstić information content (AvgIpc) is 2.74. The Hall–Kier alpha value is -2.83. The summed E-state index contributed by atoms with van der Waals surface area (Å²) in [7, 11) is 0. The Morgan fingerprint density at radius 1 is 1.14 bits per heavy atom. The lowest BCUT2D eigenvalue weighted by atomic mass is 9.72. The lowest BCUT2D eigenvalue weighted by Gasteiger charge is -2.47. The van der Waals surface area contributed by atoms with Crippen molar-refractivity contribution in [1.29, 1.82) is 0 Å². The molecule has 2 aromatic rings. The van der Waals surface area contributed by atoms with E-state index in [1.54, 1.807) is 24.8 Å². The molecule has 2 saturated heterocycles. The number of likely N-dealkylation sites (tertiary alicyclic amines) is 2. The fraction of sp³-hybridized carbons (Fsp3) is 0.500. The van der Waals surface area contributed by atoms with Gasteiger partial charge in [0.1, 0.15) is 0 Å². The topological polar surface area (TPSA) is 79.3 Å². The fourth-order valence-corrected chi connectivity index (χ4v) is 4.37. The molecule has 0 aromatic carbocycles. The third-order valence-electron chi connectivity index (χ3n) is 6.19. The molecule has 2 aliphatic rings. The average molecular weight is 393 g/mol. The normalized spacial score (nSPS) is 18.9. The summed E-state index contributed by atoms with van der Waals surface area (Å²) in [6.45, 7) is 4.67. The Labute approximate surface area is 171 Å². The first-order valence-corrected chi connectivity index (χ1v) is 10.3. The minimum absolute atomic E-state index is 0.108. The molecule has 0 radical (unpaired) electrons. The molecule has 0 aliphatic carbocycles. The number of carbonyl (C=O) groups is 2. The molecule has 7 nitrogen and oxygen atoms in total. The standard InChI is InChI=1S/C22H27N5O2/c1-17-12-25-19(14-24-17)15-27-16-22(5-4-20(27)28)6-9-26(10-7-22)21(29)11-18-3-2-8-23-13-18/h2-3,8,12-14H,4-7,9-11,15-16H2,1H3. The van der Waals surface area contributed by atoms with Crippen LogP contribution < -0.4 is 0 Å². The van der Waals surface area contributed by atoms with Crippen molar-refractivity contribution < 1.29 is 9.59 Å². The van der Waals surface area contributed by atoms with E-state index in [4.69, 9.17) is 0 Å². The number of nitrogens with zero attached hydrogens (tertiary/aromatic N) is 5. The first kappa shape index (κ1) is 19.5. The number of rotatable bonds is 4. The van der Waals surface area contributed by atoms with Gasteiger partial charge in [-0.2, -0.15) is 0 Å². The molecule has 0 bridgehead atoms.